The third-order valence-electron chi connectivity index (χ3n) is 3.41. The third-order valence-corrected chi connectivity index (χ3v) is 3.64. The monoisotopic (exact) mass is 272 g/mol. The first-order valence-corrected chi connectivity index (χ1v) is 6.83. The Kier molecular flexibility index (Phi) is 3.00. The first-order chi connectivity index (χ1) is 9.05. The molecule has 0 aromatic heterocycles. The van der Waals surface area contributed by atoms with Crippen LogP contribution in [0.25, 0.3) is 0 Å². The van der Waals surface area contributed by atoms with Gasteiger partial charge in [0.15, 0.2) is 0 Å². The molecule has 2 aromatic carbocycles. The lowest BCUT2D eigenvalue weighted by Crippen LogP contribution is -2.51. The van der Waals surface area contributed by atoms with Gasteiger partial charge in [-0.1, -0.05) is 41.9 Å². The highest BCUT2D eigenvalue weighted by Crippen LogP contribution is 2.36. The van der Waals surface area contributed by atoms with Crippen molar-refractivity contribution in [2.45, 2.75) is 25.6 Å². The fourth-order valence-electron chi connectivity index (χ4n) is 2.61. The summed E-state index contributed by atoms with van der Waals surface area (Å²) in [5, 5.41) is 7.88. The van der Waals surface area contributed by atoms with Gasteiger partial charge in [0.2, 0.25) is 0 Å². The van der Waals surface area contributed by atoms with E-state index in [0.29, 0.717) is 0 Å². The molecular formula is C16H17ClN2. The Balaban J connectivity index is 2.12. The maximum atomic E-state index is 6.14. The Morgan fingerprint density at radius 3 is 2.53 bits per heavy atom. The van der Waals surface area contributed by atoms with Crippen LogP contribution >= 0.6 is 11.6 Å². The summed E-state index contributed by atoms with van der Waals surface area (Å²) in [6, 6.07) is 16.6. The van der Waals surface area contributed by atoms with Crippen LogP contribution in [0.5, 0.6) is 0 Å². The van der Waals surface area contributed by atoms with Crippen LogP contribution in [0.3, 0.4) is 0 Å². The number of hydrogen-bond donors (Lipinski definition) is 2. The number of anilines is 1. The van der Waals surface area contributed by atoms with Crippen LogP contribution in [-0.2, 0) is 0 Å². The van der Waals surface area contributed by atoms with Gasteiger partial charge in [0.05, 0.1) is 11.7 Å². The first kappa shape index (κ1) is 12.5. The van der Waals surface area contributed by atoms with Crippen LogP contribution in [0.4, 0.5) is 5.69 Å². The highest BCUT2D eigenvalue weighted by atomic mass is 35.5. The van der Waals surface area contributed by atoms with Crippen molar-refractivity contribution in [1.29, 1.82) is 0 Å². The average Bonchev–Trinajstić information content (AvgIpc) is 2.39. The summed E-state index contributed by atoms with van der Waals surface area (Å²) in [6.45, 7) is 4.28. The molecule has 1 aliphatic heterocycles. The zero-order chi connectivity index (χ0) is 13.5. The van der Waals surface area contributed by atoms with Gasteiger partial charge in [-0.3, -0.25) is 5.32 Å². The van der Waals surface area contributed by atoms with Gasteiger partial charge >= 0.3 is 0 Å². The minimum Gasteiger partial charge on any atom is -0.367 e. The van der Waals surface area contributed by atoms with E-state index in [4.69, 9.17) is 11.6 Å². The van der Waals surface area contributed by atoms with Gasteiger partial charge in [0.25, 0.3) is 0 Å². The lowest BCUT2D eigenvalue weighted by atomic mass is 9.92. The predicted molar refractivity (Wildman–Crippen MR) is 80.6 cm³/mol. The Bertz CT molecular complexity index is 593. The van der Waals surface area contributed by atoms with E-state index in [1.165, 1.54) is 11.1 Å². The molecule has 1 atom stereocenters. The van der Waals surface area contributed by atoms with Crippen molar-refractivity contribution in [3.8, 4) is 0 Å². The maximum absolute atomic E-state index is 6.14. The summed E-state index contributed by atoms with van der Waals surface area (Å²) in [5.74, 6) is 0. The molecule has 3 heteroatoms. The number of rotatable bonds is 1. The molecule has 0 aliphatic carbocycles. The van der Waals surface area contributed by atoms with Gasteiger partial charge in [-0.05, 0) is 43.2 Å². The quantitative estimate of drug-likeness (QED) is 0.814. The van der Waals surface area contributed by atoms with E-state index >= 15 is 0 Å². The maximum Gasteiger partial charge on any atom is 0.0831 e. The summed E-state index contributed by atoms with van der Waals surface area (Å²) in [5.41, 5.74) is 3.43. The number of halogens is 1. The van der Waals surface area contributed by atoms with E-state index in [0.717, 1.165) is 10.7 Å². The van der Waals surface area contributed by atoms with E-state index in [1.807, 2.05) is 18.2 Å². The highest BCUT2D eigenvalue weighted by molar-refractivity contribution is 6.30. The minimum atomic E-state index is -0.151. The van der Waals surface area contributed by atoms with Crippen molar-refractivity contribution >= 4 is 17.3 Å². The molecule has 2 aromatic rings. The van der Waals surface area contributed by atoms with Gasteiger partial charge in [0.1, 0.15) is 0 Å². The van der Waals surface area contributed by atoms with E-state index in [2.05, 4.69) is 54.8 Å². The molecule has 0 saturated carbocycles. The van der Waals surface area contributed by atoms with Gasteiger partial charge in [-0.15, -0.1) is 0 Å². The molecule has 0 fully saturated rings. The van der Waals surface area contributed by atoms with Crippen molar-refractivity contribution in [3.63, 3.8) is 0 Å². The zero-order valence-corrected chi connectivity index (χ0v) is 11.8. The van der Waals surface area contributed by atoms with Crippen LogP contribution in [0.1, 0.15) is 31.0 Å². The number of hydrogen-bond acceptors (Lipinski definition) is 2. The van der Waals surface area contributed by atoms with Crippen molar-refractivity contribution in [2.75, 3.05) is 5.32 Å². The van der Waals surface area contributed by atoms with Crippen LogP contribution < -0.4 is 10.6 Å². The second-order valence-corrected chi connectivity index (χ2v) is 5.91. The van der Waals surface area contributed by atoms with Crippen molar-refractivity contribution in [3.05, 3.63) is 64.7 Å². The summed E-state index contributed by atoms with van der Waals surface area (Å²) in [7, 11) is 0. The number of nitrogens with one attached hydrogen (secondary N) is 2. The molecule has 0 amide bonds. The molecule has 1 heterocycles. The third kappa shape index (κ3) is 2.46. The molecule has 0 radical (unpaired) electrons. The number of benzene rings is 2. The minimum absolute atomic E-state index is 0.151. The topological polar surface area (TPSA) is 24.1 Å². The smallest absolute Gasteiger partial charge is 0.0831 e. The fraction of sp³-hybridized carbons (Fsp3) is 0.250. The van der Waals surface area contributed by atoms with Gasteiger partial charge in [-0.25, -0.2) is 0 Å². The summed E-state index contributed by atoms with van der Waals surface area (Å²) in [4.78, 5) is 0. The fourth-order valence-corrected chi connectivity index (χ4v) is 2.79. The SMILES string of the molecule is CC1(C)Nc2ccc(Cl)cc2[C@@H](c2ccccc2)N1. The average molecular weight is 273 g/mol. The molecule has 0 spiro atoms. The predicted octanol–water partition coefficient (Wildman–Crippen LogP) is 4.18. The first-order valence-electron chi connectivity index (χ1n) is 6.45. The van der Waals surface area contributed by atoms with E-state index in [9.17, 15) is 0 Å². The lowest BCUT2D eigenvalue weighted by molar-refractivity contribution is 0.387. The highest BCUT2D eigenvalue weighted by Gasteiger charge is 2.31. The van der Waals surface area contributed by atoms with E-state index in [1.54, 1.807) is 0 Å². The summed E-state index contributed by atoms with van der Waals surface area (Å²) < 4.78 is 0. The van der Waals surface area contributed by atoms with E-state index < -0.39 is 0 Å². The van der Waals surface area contributed by atoms with Crippen LogP contribution in [0.15, 0.2) is 48.5 Å². The molecule has 0 unspecified atom stereocenters. The zero-order valence-electron chi connectivity index (χ0n) is 11.1. The van der Waals surface area contributed by atoms with Crippen LogP contribution in [0, 0.1) is 0 Å². The molecule has 98 valence electrons. The Labute approximate surface area is 118 Å². The van der Waals surface area contributed by atoms with Gasteiger partial charge < -0.3 is 5.32 Å². The van der Waals surface area contributed by atoms with Crippen LogP contribution in [-0.4, -0.2) is 5.66 Å². The molecular weight excluding hydrogens is 256 g/mol. The Morgan fingerprint density at radius 1 is 1.05 bits per heavy atom. The lowest BCUT2D eigenvalue weighted by Gasteiger charge is -2.40. The molecule has 1 aliphatic rings. The second kappa shape index (κ2) is 4.55. The second-order valence-electron chi connectivity index (χ2n) is 5.47. The van der Waals surface area contributed by atoms with E-state index in [-0.39, 0.29) is 11.7 Å². The normalized spacial score (nSPS) is 20.5. The molecule has 0 bridgehead atoms. The van der Waals surface area contributed by atoms with Gasteiger partial charge in [-0.2, -0.15) is 0 Å². The molecule has 19 heavy (non-hydrogen) atoms. The largest absolute Gasteiger partial charge is 0.367 e. The van der Waals surface area contributed by atoms with Gasteiger partial charge in [0, 0.05) is 10.7 Å². The van der Waals surface area contributed by atoms with Crippen LogP contribution in [0.2, 0.25) is 5.02 Å². The number of fused-ring (bicyclic) bond motifs is 1. The standard InChI is InChI=1S/C16H17ClN2/c1-16(2)18-14-9-8-12(17)10-13(14)15(19-16)11-6-4-3-5-7-11/h3-10,15,18-19H,1-2H3/t15-/m1/s1. The Morgan fingerprint density at radius 2 is 1.79 bits per heavy atom. The summed E-state index contributed by atoms with van der Waals surface area (Å²) >= 11 is 6.14. The van der Waals surface area contributed by atoms with Crippen molar-refractivity contribution in [2.24, 2.45) is 0 Å². The molecule has 3 rings (SSSR count). The molecule has 2 N–H and O–H groups in total. The Hall–Kier alpha value is -1.51. The van der Waals surface area contributed by atoms with Crippen molar-refractivity contribution in [1.82, 2.24) is 5.32 Å². The molecule has 0 saturated heterocycles. The van der Waals surface area contributed by atoms with Crippen molar-refractivity contribution < 1.29 is 0 Å². The summed E-state index contributed by atoms with van der Waals surface area (Å²) in [6.07, 6.45) is 0. The molecule has 2 nitrogen and oxygen atoms in total.